The number of carbonyl (C=O) groups excluding carboxylic acids is 1. The quantitative estimate of drug-likeness (QED) is 0.842. The van der Waals surface area contributed by atoms with Crippen molar-refractivity contribution in [2.24, 2.45) is 0 Å². The van der Waals surface area contributed by atoms with E-state index in [1.54, 1.807) is 0 Å². The number of carboxylic acid groups (broad SMARTS) is 1. The van der Waals surface area contributed by atoms with Gasteiger partial charge >= 0.3 is 5.97 Å². The van der Waals surface area contributed by atoms with Crippen LogP contribution in [0.5, 0.6) is 11.5 Å². The Bertz CT molecular complexity index is 561. The van der Waals surface area contributed by atoms with Gasteiger partial charge in [0.25, 0.3) is 5.91 Å². The summed E-state index contributed by atoms with van der Waals surface area (Å²) in [6, 6.07) is 2.60. The Labute approximate surface area is 127 Å². The average molecular weight is 314 g/mol. The number of rotatable bonds is 6. The molecule has 7 heteroatoms. The van der Waals surface area contributed by atoms with E-state index in [0.29, 0.717) is 28.5 Å². The third-order valence-corrected chi connectivity index (χ3v) is 3.36. The Balaban J connectivity index is 2.12. The van der Waals surface area contributed by atoms with Gasteiger partial charge in [0.2, 0.25) is 6.79 Å². The van der Waals surface area contributed by atoms with Gasteiger partial charge in [-0.15, -0.1) is 0 Å². The van der Waals surface area contributed by atoms with E-state index in [2.05, 4.69) is 5.32 Å². The van der Waals surface area contributed by atoms with Crippen LogP contribution >= 0.6 is 11.6 Å². The molecule has 21 heavy (non-hydrogen) atoms. The first-order valence-corrected chi connectivity index (χ1v) is 7.00. The Morgan fingerprint density at radius 1 is 1.43 bits per heavy atom. The van der Waals surface area contributed by atoms with Crippen LogP contribution in [0.3, 0.4) is 0 Å². The number of nitrogens with one attached hydrogen (secondary N) is 1. The molecule has 0 saturated heterocycles. The second-order valence-electron chi connectivity index (χ2n) is 4.75. The minimum atomic E-state index is -0.947. The molecule has 0 aliphatic carbocycles. The van der Waals surface area contributed by atoms with Crippen molar-refractivity contribution < 1.29 is 24.2 Å². The summed E-state index contributed by atoms with van der Waals surface area (Å²) >= 11 is 6.02. The van der Waals surface area contributed by atoms with Gasteiger partial charge in [0.05, 0.1) is 11.4 Å². The van der Waals surface area contributed by atoms with Gasteiger partial charge in [-0.05, 0) is 18.6 Å². The van der Waals surface area contributed by atoms with Crippen molar-refractivity contribution in [2.75, 3.05) is 6.79 Å². The zero-order valence-corrected chi connectivity index (χ0v) is 12.3. The van der Waals surface area contributed by atoms with Crippen LogP contribution in [-0.2, 0) is 4.79 Å². The first kappa shape index (κ1) is 15.4. The number of hydrogen-bond donors (Lipinski definition) is 2. The fourth-order valence-corrected chi connectivity index (χ4v) is 2.42. The SMILES string of the molecule is CCCC(CC(=O)O)NC(=O)c1cc(Cl)c2c(c1)OCO2. The summed E-state index contributed by atoms with van der Waals surface area (Å²) in [5.41, 5.74) is 0.316. The van der Waals surface area contributed by atoms with Crippen molar-refractivity contribution in [1.82, 2.24) is 5.32 Å². The highest BCUT2D eigenvalue weighted by Crippen LogP contribution is 2.39. The van der Waals surface area contributed by atoms with E-state index in [-0.39, 0.29) is 19.1 Å². The Kier molecular flexibility index (Phi) is 4.90. The summed E-state index contributed by atoms with van der Waals surface area (Å²) in [5, 5.41) is 11.9. The molecule has 2 N–H and O–H groups in total. The highest BCUT2D eigenvalue weighted by Gasteiger charge is 2.22. The molecule has 0 spiro atoms. The molecule has 0 saturated carbocycles. The molecule has 1 aromatic rings. The molecule has 1 amide bonds. The van der Waals surface area contributed by atoms with Crippen LogP contribution in [0, 0.1) is 0 Å². The fourth-order valence-electron chi connectivity index (χ4n) is 2.15. The lowest BCUT2D eigenvalue weighted by molar-refractivity contribution is -0.137. The highest BCUT2D eigenvalue weighted by molar-refractivity contribution is 6.32. The standard InChI is InChI=1S/C14H16ClNO5/c1-2-3-9(6-12(17)18)16-14(19)8-4-10(15)13-11(5-8)20-7-21-13/h4-5,9H,2-3,6-7H2,1H3,(H,16,19)(H,17,18). The van der Waals surface area contributed by atoms with Gasteiger partial charge < -0.3 is 19.9 Å². The average Bonchev–Trinajstić information content (AvgIpc) is 2.86. The van der Waals surface area contributed by atoms with Crippen molar-refractivity contribution in [2.45, 2.75) is 32.2 Å². The topological polar surface area (TPSA) is 84.9 Å². The third kappa shape index (κ3) is 3.78. The second-order valence-corrected chi connectivity index (χ2v) is 5.16. The molecule has 0 radical (unpaired) electrons. The predicted octanol–water partition coefficient (Wildman–Crippen LogP) is 2.44. The molecular formula is C14H16ClNO5. The lowest BCUT2D eigenvalue weighted by Crippen LogP contribution is -2.36. The lowest BCUT2D eigenvalue weighted by atomic mass is 10.1. The van der Waals surface area contributed by atoms with E-state index in [9.17, 15) is 9.59 Å². The summed E-state index contributed by atoms with van der Waals surface area (Å²) in [6.45, 7) is 2.00. The molecule has 1 atom stereocenters. The molecule has 0 bridgehead atoms. The molecule has 1 heterocycles. The number of fused-ring (bicyclic) bond motifs is 1. The number of halogens is 1. The summed E-state index contributed by atoms with van der Waals surface area (Å²) in [7, 11) is 0. The number of carboxylic acids is 1. The Morgan fingerprint density at radius 3 is 2.86 bits per heavy atom. The van der Waals surface area contributed by atoms with E-state index in [1.165, 1.54) is 12.1 Å². The van der Waals surface area contributed by atoms with Crippen LogP contribution in [-0.4, -0.2) is 29.8 Å². The van der Waals surface area contributed by atoms with Gasteiger partial charge in [0.1, 0.15) is 0 Å². The predicted molar refractivity (Wildman–Crippen MR) is 76.0 cm³/mol. The van der Waals surface area contributed by atoms with Crippen molar-refractivity contribution in [3.63, 3.8) is 0 Å². The molecular weight excluding hydrogens is 298 g/mol. The Morgan fingerprint density at radius 2 is 2.19 bits per heavy atom. The Hall–Kier alpha value is -1.95. The molecule has 1 aliphatic heterocycles. The monoisotopic (exact) mass is 313 g/mol. The summed E-state index contributed by atoms with van der Waals surface area (Å²) in [6.07, 6.45) is 1.26. The van der Waals surface area contributed by atoms with Gasteiger partial charge in [-0.2, -0.15) is 0 Å². The number of carbonyl (C=O) groups is 2. The van der Waals surface area contributed by atoms with Crippen LogP contribution in [0.2, 0.25) is 5.02 Å². The van der Waals surface area contributed by atoms with Crippen LogP contribution in [0.1, 0.15) is 36.5 Å². The van der Waals surface area contributed by atoms with E-state index < -0.39 is 12.0 Å². The first-order valence-electron chi connectivity index (χ1n) is 6.63. The zero-order valence-electron chi connectivity index (χ0n) is 11.5. The number of ether oxygens (including phenoxy) is 2. The van der Waals surface area contributed by atoms with Crippen molar-refractivity contribution in [1.29, 1.82) is 0 Å². The smallest absolute Gasteiger partial charge is 0.305 e. The summed E-state index contributed by atoms with van der Waals surface area (Å²) in [5.74, 6) is -0.492. The van der Waals surface area contributed by atoms with E-state index in [0.717, 1.165) is 6.42 Å². The van der Waals surface area contributed by atoms with Gasteiger partial charge in [-0.25, -0.2) is 0 Å². The molecule has 1 unspecified atom stereocenters. The van der Waals surface area contributed by atoms with Crippen molar-refractivity contribution in [3.8, 4) is 11.5 Å². The first-order chi connectivity index (χ1) is 10.0. The van der Waals surface area contributed by atoms with Gasteiger partial charge in [-0.3, -0.25) is 9.59 Å². The van der Waals surface area contributed by atoms with E-state index >= 15 is 0 Å². The maximum absolute atomic E-state index is 12.2. The molecule has 1 aromatic carbocycles. The number of amides is 1. The number of aliphatic carboxylic acids is 1. The van der Waals surface area contributed by atoms with Crippen LogP contribution < -0.4 is 14.8 Å². The minimum absolute atomic E-state index is 0.0671. The molecule has 6 nitrogen and oxygen atoms in total. The molecule has 2 rings (SSSR count). The minimum Gasteiger partial charge on any atom is -0.481 e. The summed E-state index contributed by atoms with van der Waals surface area (Å²) in [4.78, 5) is 23.0. The number of hydrogen-bond acceptors (Lipinski definition) is 4. The molecule has 114 valence electrons. The van der Waals surface area contributed by atoms with Gasteiger partial charge in [0.15, 0.2) is 11.5 Å². The zero-order chi connectivity index (χ0) is 15.4. The number of benzene rings is 1. The van der Waals surface area contributed by atoms with Gasteiger partial charge in [-0.1, -0.05) is 24.9 Å². The lowest BCUT2D eigenvalue weighted by Gasteiger charge is -2.16. The fraction of sp³-hybridized carbons (Fsp3) is 0.429. The normalized spacial score (nSPS) is 13.8. The third-order valence-electron chi connectivity index (χ3n) is 3.08. The summed E-state index contributed by atoms with van der Waals surface area (Å²) < 4.78 is 10.4. The molecule has 1 aliphatic rings. The van der Waals surface area contributed by atoms with Crippen LogP contribution in [0.4, 0.5) is 0 Å². The van der Waals surface area contributed by atoms with Crippen LogP contribution in [0.25, 0.3) is 0 Å². The molecule has 0 fully saturated rings. The van der Waals surface area contributed by atoms with Crippen molar-refractivity contribution >= 4 is 23.5 Å². The maximum atomic E-state index is 12.2. The van der Waals surface area contributed by atoms with Crippen molar-refractivity contribution in [3.05, 3.63) is 22.7 Å². The van der Waals surface area contributed by atoms with Crippen LogP contribution in [0.15, 0.2) is 12.1 Å². The van der Waals surface area contributed by atoms with Gasteiger partial charge in [0, 0.05) is 11.6 Å². The maximum Gasteiger partial charge on any atom is 0.305 e. The molecule has 0 aromatic heterocycles. The second kappa shape index (κ2) is 6.67. The van der Waals surface area contributed by atoms with E-state index in [1.807, 2.05) is 6.92 Å². The largest absolute Gasteiger partial charge is 0.481 e. The van der Waals surface area contributed by atoms with E-state index in [4.69, 9.17) is 26.2 Å². The highest BCUT2D eigenvalue weighted by atomic mass is 35.5.